The third kappa shape index (κ3) is 3.60. The van der Waals surface area contributed by atoms with Gasteiger partial charge in [0.25, 0.3) is 0 Å². The number of carbonyl (C=O) groups is 1. The molecule has 2 rings (SSSR count). The number of ketones is 1. The van der Waals surface area contributed by atoms with Crippen molar-refractivity contribution in [2.45, 2.75) is 46.1 Å². The molecule has 0 amide bonds. The highest BCUT2D eigenvalue weighted by Crippen LogP contribution is 2.23. The number of carbonyl (C=O) groups excluding carboxylic acids is 1. The van der Waals surface area contributed by atoms with Gasteiger partial charge < -0.3 is 4.74 Å². The van der Waals surface area contributed by atoms with Crippen LogP contribution < -0.4 is 4.74 Å². The summed E-state index contributed by atoms with van der Waals surface area (Å²) in [4.78, 5) is 11.4. The lowest BCUT2D eigenvalue weighted by atomic mass is 10.0. The van der Waals surface area contributed by atoms with Gasteiger partial charge in [-0.25, -0.2) is 0 Å². The molecule has 0 aliphatic rings. The smallest absolute Gasteiger partial charge is 0.159 e. The molecule has 106 valence electrons. The van der Waals surface area contributed by atoms with E-state index in [0.29, 0.717) is 0 Å². The Kier molecular flexibility index (Phi) is 4.78. The zero-order chi connectivity index (χ0) is 14.5. The lowest BCUT2D eigenvalue weighted by Crippen LogP contribution is -2.11. The largest absolute Gasteiger partial charge is 0.491 e. The molecule has 0 heterocycles. The molecule has 0 spiro atoms. The maximum atomic E-state index is 11.4. The van der Waals surface area contributed by atoms with Crippen LogP contribution in [0.5, 0.6) is 5.75 Å². The molecule has 1 unspecified atom stereocenters. The SMILES string of the molecule is CCCCC(C)Oc1ccc2cc(C(C)=O)ccc2c1. The summed E-state index contributed by atoms with van der Waals surface area (Å²) in [6.45, 7) is 5.89. The van der Waals surface area contributed by atoms with Gasteiger partial charge in [0.05, 0.1) is 6.10 Å². The third-order valence-electron chi connectivity index (χ3n) is 3.52. The van der Waals surface area contributed by atoms with E-state index in [9.17, 15) is 4.79 Å². The van der Waals surface area contributed by atoms with E-state index in [0.717, 1.165) is 28.5 Å². The fraction of sp³-hybridized carbons (Fsp3) is 0.389. The highest BCUT2D eigenvalue weighted by atomic mass is 16.5. The zero-order valence-electron chi connectivity index (χ0n) is 12.5. The van der Waals surface area contributed by atoms with Crippen molar-refractivity contribution in [1.29, 1.82) is 0 Å². The molecule has 0 aliphatic carbocycles. The minimum absolute atomic E-state index is 0.0976. The van der Waals surface area contributed by atoms with Crippen molar-refractivity contribution in [2.75, 3.05) is 0 Å². The summed E-state index contributed by atoms with van der Waals surface area (Å²) >= 11 is 0. The van der Waals surface area contributed by atoms with Gasteiger partial charge in [0, 0.05) is 5.56 Å². The van der Waals surface area contributed by atoms with Gasteiger partial charge in [-0.3, -0.25) is 4.79 Å². The summed E-state index contributed by atoms with van der Waals surface area (Å²) in [6, 6.07) is 11.8. The van der Waals surface area contributed by atoms with Crippen molar-refractivity contribution in [1.82, 2.24) is 0 Å². The zero-order valence-corrected chi connectivity index (χ0v) is 12.5. The number of hydrogen-bond acceptors (Lipinski definition) is 2. The van der Waals surface area contributed by atoms with Crippen molar-refractivity contribution >= 4 is 16.6 Å². The summed E-state index contributed by atoms with van der Waals surface area (Å²) in [6.07, 6.45) is 3.71. The van der Waals surface area contributed by atoms with E-state index in [1.807, 2.05) is 36.4 Å². The first-order valence-corrected chi connectivity index (χ1v) is 7.31. The van der Waals surface area contributed by atoms with E-state index in [2.05, 4.69) is 13.8 Å². The normalized spacial score (nSPS) is 12.3. The summed E-state index contributed by atoms with van der Waals surface area (Å²) in [5.74, 6) is 0.997. The Morgan fingerprint density at radius 1 is 1.15 bits per heavy atom. The van der Waals surface area contributed by atoms with E-state index in [1.54, 1.807) is 6.92 Å². The van der Waals surface area contributed by atoms with E-state index < -0.39 is 0 Å². The second kappa shape index (κ2) is 6.56. The molecule has 0 aliphatic heterocycles. The Bertz CT molecular complexity index is 601. The Morgan fingerprint density at radius 3 is 2.55 bits per heavy atom. The molecule has 2 nitrogen and oxygen atoms in total. The number of hydrogen-bond donors (Lipinski definition) is 0. The molecule has 0 N–H and O–H groups in total. The van der Waals surface area contributed by atoms with Crippen molar-refractivity contribution in [3.63, 3.8) is 0 Å². The first kappa shape index (κ1) is 14.6. The van der Waals surface area contributed by atoms with E-state index in [-0.39, 0.29) is 11.9 Å². The predicted molar refractivity (Wildman–Crippen MR) is 83.6 cm³/mol. The lowest BCUT2D eigenvalue weighted by Gasteiger charge is -2.14. The predicted octanol–water partition coefficient (Wildman–Crippen LogP) is 5.00. The Morgan fingerprint density at radius 2 is 1.85 bits per heavy atom. The molecule has 0 aromatic heterocycles. The first-order chi connectivity index (χ1) is 9.60. The molecule has 1 atom stereocenters. The van der Waals surface area contributed by atoms with Crippen LogP contribution in [0, 0.1) is 0 Å². The topological polar surface area (TPSA) is 26.3 Å². The maximum Gasteiger partial charge on any atom is 0.159 e. The minimum atomic E-state index is 0.0976. The Hall–Kier alpha value is -1.83. The van der Waals surface area contributed by atoms with E-state index >= 15 is 0 Å². The van der Waals surface area contributed by atoms with Crippen LogP contribution in [-0.2, 0) is 0 Å². The van der Waals surface area contributed by atoms with Gasteiger partial charge in [-0.15, -0.1) is 0 Å². The van der Waals surface area contributed by atoms with Gasteiger partial charge in [-0.2, -0.15) is 0 Å². The number of unbranched alkanes of at least 4 members (excludes halogenated alkanes) is 1. The van der Waals surface area contributed by atoms with E-state index in [4.69, 9.17) is 4.74 Å². The highest BCUT2D eigenvalue weighted by molar-refractivity contribution is 5.98. The van der Waals surface area contributed by atoms with Gasteiger partial charge in [0.2, 0.25) is 0 Å². The molecule has 2 heteroatoms. The van der Waals surface area contributed by atoms with Crippen molar-refractivity contribution in [2.24, 2.45) is 0 Å². The molecular formula is C18H22O2. The van der Waals surface area contributed by atoms with Crippen molar-refractivity contribution in [3.05, 3.63) is 42.0 Å². The van der Waals surface area contributed by atoms with Crippen molar-refractivity contribution < 1.29 is 9.53 Å². The van der Waals surface area contributed by atoms with Crippen LogP contribution in [0.1, 0.15) is 50.4 Å². The molecule has 0 radical (unpaired) electrons. The van der Waals surface area contributed by atoms with Gasteiger partial charge in [-0.1, -0.05) is 38.0 Å². The summed E-state index contributed by atoms with van der Waals surface area (Å²) < 4.78 is 5.94. The molecule has 2 aromatic rings. The average Bonchev–Trinajstić information content (AvgIpc) is 2.44. The standard InChI is InChI=1S/C18H22O2/c1-4-5-6-13(2)20-18-10-9-16-11-15(14(3)19)7-8-17(16)12-18/h7-13H,4-6H2,1-3H3. The van der Waals surface area contributed by atoms with Crippen molar-refractivity contribution in [3.8, 4) is 5.75 Å². The van der Waals surface area contributed by atoms with Crippen LogP contribution in [0.25, 0.3) is 10.8 Å². The molecule has 2 aromatic carbocycles. The van der Waals surface area contributed by atoms with Gasteiger partial charge in [-0.05, 0) is 49.2 Å². The fourth-order valence-electron chi connectivity index (χ4n) is 2.30. The summed E-state index contributed by atoms with van der Waals surface area (Å²) in [5, 5.41) is 2.18. The van der Waals surface area contributed by atoms with Gasteiger partial charge >= 0.3 is 0 Å². The molecule has 0 bridgehead atoms. The van der Waals surface area contributed by atoms with Crippen LogP contribution in [0.4, 0.5) is 0 Å². The Labute approximate surface area is 120 Å². The van der Waals surface area contributed by atoms with Crippen LogP contribution >= 0.6 is 0 Å². The molecule has 0 fully saturated rings. The Balaban J connectivity index is 2.17. The summed E-state index contributed by atoms with van der Waals surface area (Å²) in [5.41, 5.74) is 0.752. The fourth-order valence-corrected chi connectivity index (χ4v) is 2.30. The second-order valence-corrected chi connectivity index (χ2v) is 5.35. The lowest BCUT2D eigenvalue weighted by molar-refractivity contribution is 0.101. The molecule has 0 saturated heterocycles. The first-order valence-electron chi connectivity index (χ1n) is 7.31. The molecule has 0 saturated carbocycles. The quantitative estimate of drug-likeness (QED) is 0.690. The van der Waals surface area contributed by atoms with Crippen LogP contribution in [0.15, 0.2) is 36.4 Å². The van der Waals surface area contributed by atoms with Gasteiger partial charge in [0.15, 0.2) is 5.78 Å². The minimum Gasteiger partial charge on any atom is -0.491 e. The van der Waals surface area contributed by atoms with Crippen LogP contribution in [0.3, 0.4) is 0 Å². The monoisotopic (exact) mass is 270 g/mol. The second-order valence-electron chi connectivity index (χ2n) is 5.35. The number of ether oxygens (including phenoxy) is 1. The van der Waals surface area contributed by atoms with Crippen LogP contribution in [0.2, 0.25) is 0 Å². The average molecular weight is 270 g/mol. The van der Waals surface area contributed by atoms with Crippen LogP contribution in [-0.4, -0.2) is 11.9 Å². The number of benzene rings is 2. The summed E-state index contributed by atoms with van der Waals surface area (Å²) in [7, 11) is 0. The van der Waals surface area contributed by atoms with E-state index in [1.165, 1.54) is 12.8 Å². The number of rotatable bonds is 6. The van der Waals surface area contributed by atoms with Gasteiger partial charge in [0.1, 0.15) is 5.75 Å². The highest BCUT2D eigenvalue weighted by Gasteiger charge is 2.05. The number of fused-ring (bicyclic) bond motifs is 1. The maximum absolute atomic E-state index is 11.4. The molecule has 20 heavy (non-hydrogen) atoms. The number of Topliss-reactive ketones (excluding diaryl/α,β-unsaturated/α-hetero) is 1. The molecular weight excluding hydrogens is 248 g/mol. The third-order valence-corrected chi connectivity index (χ3v) is 3.52.